The Morgan fingerprint density at radius 2 is 2.19 bits per heavy atom. The lowest BCUT2D eigenvalue weighted by molar-refractivity contribution is -0.125. The Morgan fingerprint density at radius 1 is 1.26 bits per heavy atom. The number of pyridine rings is 1. The van der Waals surface area contributed by atoms with Crippen molar-refractivity contribution in [1.29, 1.82) is 0 Å². The van der Waals surface area contributed by atoms with Crippen LogP contribution in [-0.2, 0) is 11.3 Å². The number of carbonyl (C=O) groups excluding carboxylic acids is 1. The van der Waals surface area contributed by atoms with Crippen molar-refractivity contribution < 1.29 is 9.53 Å². The molecule has 0 saturated carbocycles. The van der Waals surface area contributed by atoms with Crippen LogP contribution in [-0.4, -0.2) is 40.7 Å². The van der Waals surface area contributed by atoms with E-state index in [0.717, 1.165) is 42.3 Å². The molecule has 1 aliphatic rings. The third-order valence-corrected chi connectivity index (χ3v) is 4.97. The van der Waals surface area contributed by atoms with Crippen LogP contribution in [0.2, 0.25) is 0 Å². The lowest BCUT2D eigenvalue weighted by atomic mass is 9.97. The van der Waals surface area contributed by atoms with Crippen LogP contribution in [0, 0.1) is 5.92 Å². The maximum atomic E-state index is 12.7. The quantitative estimate of drug-likeness (QED) is 0.751. The van der Waals surface area contributed by atoms with Gasteiger partial charge in [0.2, 0.25) is 11.9 Å². The van der Waals surface area contributed by atoms with Crippen molar-refractivity contribution in [2.75, 3.05) is 25.1 Å². The minimum absolute atomic E-state index is 0.0552. The first kappa shape index (κ1) is 17.3. The highest BCUT2D eigenvalue weighted by Gasteiger charge is 2.28. The van der Waals surface area contributed by atoms with Gasteiger partial charge in [-0.15, -0.1) is 10.2 Å². The lowest BCUT2D eigenvalue weighted by Crippen LogP contribution is -2.43. The van der Waals surface area contributed by atoms with Crippen molar-refractivity contribution in [1.82, 2.24) is 19.9 Å². The van der Waals surface area contributed by atoms with E-state index in [1.54, 1.807) is 7.11 Å². The molecule has 1 aromatic carbocycles. The van der Waals surface area contributed by atoms with Crippen molar-refractivity contribution in [3.05, 3.63) is 54.2 Å². The Morgan fingerprint density at radius 3 is 3.07 bits per heavy atom. The number of benzene rings is 1. The van der Waals surface area contributed by atoms with Gasteiger partial charge in [-0.2, -0.15) is 0 Å². The topological polar surface area (TPSA) is 71.8 Å². The normalized spacial score (nSPS) is 17.1. The van der Waals surface area contributed by atoms with Gasteiger partial charge in [0.25, 0.3) is 0 Å². The third kappa shape index (κ3) is 3.72. The third-order valence-electron chi connectivity index (χ3n) is 4.97. The molecule has 1 atom stereocenters. The first-order valence-corrected chi connectivity index (χ1v) is 9.20. The standard InChI is InChI=1S/C20H23N5O2/c1-27-17-8-4-6-15(12-17)13-21-19(26)16-7-5-10-24(14-16)20-23-22-18-9-2-3-11-25(18)20/h2-4,6,8-9,11-12,16H,5,7,10,13-14H2,1H3,(H,21,26). The Labute approximate surface area is 158 Å². The molecule has 1 amide bonds. The summed E-state index contributed by atoms with van der Waals surface area (Å²) in [6.45, 7) is 2.04. The van der Waals surface area contributed by atoms with Gasteiger partial charge in [0.05, 0.1) is 13.0 Å². The number of methoxy groups -OCH3 is 1. The van der Waals surface area contributed by atoms with Crippen molar-refractivity contribution in [3.63, 3.8) is 0 Å². The fourth-order valence-electron chi connectivity index (χ4n) is 3.53. The van der Waals surface area contributed by atoms with E-state index in [9.17, 15) is 4.79 Å². The van der Waals surface area contributed by atoms with Crippen LogP contribution < -0.4 is 15.0 Å². The molecule has 3 heterocycles. The van der Waals surface area contributed by atoms with E-state index in [4.69, 9.17) is 4.74 Å². The molecule has 4 rings (SSSR count). The molecule has 0 radical (unpaired) electrons. The van der Waals surface area contributed by atoms with Crippen LogP contribution in [0.4, 0.5) is 5.95 Å². The summed E-state index contributed by atoms with van der Waals surface area (Å²) in [5.41, 5.74) is 1.84. The van der Waals surface area contributed by atoms with Gasteiger partial charge in [0.15, 0.2) is 5.65 Å². The van der Waals surface area contributed by atoms with Crippen molar-refractivity contribution in [2.45, 2.75) is 19.4 Å². The molecule has 7 nitrogen and oxygen atoms in total. The number of hydrogen-bond acceptors (Lipinski definition) is 5. The molecule has 1 unspecified atom stereocenters. The van der Waals surface area contributed by atoms with Crippen LogP contribution in [0.1, 0.15) is 18.4 Å². The number of aromatic nitrogens is 3. The molecular formula is C20H23N5O2. The minimum atomic E-state index is -0.0552. The second kappa shape index (κ2) is 7.65. The molecule has 1 saturated heterocycles. The van der Waals surface area contributed by atoms with Gasteiger partial charge < -0.3 is 15.0 Å². The van der Waals surface area contributed by atoms with Gasteiger partial charge in [0.1, 0.15) is 5.75 Å². The molecule has 1 fully saturated rings. The highest BCUT2D eigenvalue weighted by Crippen LogP contribution is 2.22. The summed E-state index contributed by atoms with van der Waals surface area (Å²) in [5, 5.41) is 11.6. The average Bonchev–Trinajstić information content (AvgIpc) is 3.16. The molecule has 0 aliphatic carbocycles. The maximum Gasteiger partial charge on any atom is 0.231 e. The molecule has 0 bridgehead atoms. The summed E-state index contributed by atoms with van der Waals surface area (Å²) < 4.78 is 7.20. The summed E-state index contributed by atoms with van der Waals surface area (Å²) in [6.07, 6.45) is 3.80. The van der Waals surface area contributed by atoms with E-state index < -0.39 is 0 Å². The second-order valence-electron chi connectivity index (χ2n) is 6.78. The van der Waals surface area contributed by atoms with E-state index in [0.29, 0.717) is 13.1 Å². The zero-order chi connectivity index (χ0) is 18.6. The predicted molar refractivity (Wildman–Crippen MR) is 103 cm³/mol. The van der Waals surface area contributed by atoms with Crippen molar-refractivity contribution in [3.8, 4) is 5.75 Å². The van der Waals surface area contributed by atoms with E-state index in [-0.39, 0.29) is 11.8 Å². The van der Waals surface area contributed by atoms with Crippen LogP contribution in [0.5, 0.6) is 5.75 Å². The summed E-state index contributed by atoms with van der Waals surface area (Å²) in [6, 6.07) is 13.6. The Bertz CT molecular complexity index is 939. The zero-order valence-electron chi connectivity index (χ0n) is 15.3. The Balaban J connectivity index is 1.41. The number of rotatable bonds is 5. The summed E-state index contributed by atoms with van der Waals surface area (Å²) in [7, 11) is 1.64. The minimum Gasteiger partial charge on any atom is -0.497 e. The van der Waals surface area contributed by atoms with Gasteiger partial charge in [0, 0.05) is 25.8 Å². The van der Waals surface area contributed by atoms with E-state index in [1.807, 2.05) is 53.1 Å². The molecule has 1 N–H and O–H groups in total. The number of ether oxygens (including phenoxy) is 1. The second-order valence-corrected chi connectivity index (χ2v) is 6.78. The SMILES string of the molecule is COc1cccc(CNC(=O)C2CCCN(c3nnc4ccccn34)C2)c1. The predicted octanol–water partition coefficient (Wildman–Crippen LogP) is 2.27. The van der Waals surface area contributed by atoms with Gasteiger partial charge in [-0.1, -0.05) is 18.2 Å². The number of piperidine rings is 1. The number of nitrogens with zero attached hydrogens (tertiary/aromatic N) is 4. The maximum absolute atomic E-state index is 12.7. The molecule has 27 heavy (non-hydrogen) atoms. The van der Waals surface area contributed by atoms with Crippen LogP contribution in [0.3, 0.4) is 0 Å². The van der Waals surface area contributed by atoms with Crippen LogP contribution in [0.25, 0.3) is 5.65 Å². The molecule has 3 aromatic rings. The summed E-state index contributed by atoms with van der Waals surface area (Å²) in [5.74, 6) is 1.62. The van der Waals surface area contributed by atoms with E-state index in [2.05, 4.69) is 20.4 Å². The Kier molecular flexibility index (Phi) is 4.91. The monoisotopic (exact) mass is 365 g/mol. The fraction of sp³-hybridized carbons (Fsp3) is 0.350. The first-order chi connectivity index (χ1) is 13.2. The molecule has 0 spiro atoms. The molecular weight excluding hydrogens is 342 g/mol. The van der Waals surface area contributed by atoms with Crippen molar-refractivity contribution in [2.24, 2.45) is 5.92 Å². The summed E-state index contributed by atoms with van der Waals surface area (Å²) >= 11 is 0. The van der Waals surface area contributed by atoms with E-state index >= 15 is 0 Å². The lowest BCUT2D eigenvalue weighted by Gasteiger charge is -2.32. The van der Waals surface area contributed by atoms with Gasteiger partial charge in [-0.25, -0.2) is 0 Å². The summed E-state index contributed by atoms with van der Waals surface area (Å²) in [4.78, 5) is 14.8. The number of fused-ring (bicyclic) bond motifs is 1. The Hall–Kier alpha value is -3.09. The van der Waals surface area contributed by atoms with Gasteiger partial charge in [-0.05, 0) is 42.7 Å². The average molecular weight is 365 g/mol. The van der Waals surface area contributed by atoms with Crippen molar-refractivity contribution >= 4 is 17.5 Å². The highest BCUT2D eigenvalue weighted by atomic mass is 16.5. The smallest absolute Gasteiger partial charge is 0.231 e. The number of carbonyl (C=O) groups is 1. The van der Waals surface area contributed by atoms with Gasteiger partial charge in [-0.3, -0.25) is 9.20 Å². The largest absolute Gasteiger partial charge is 0.497 e. The first-order valence-electron chi connectivity index (χ1n) is 9.20. The van der Waals surface area contributed by atoms with Gasteiger partial charge >= 0.3 is 0 Å². The number of hydrogen-bond donors (Lipinski definition) is 1. The van der Waals surface area contributed by atoms with Crippen LogP contribution >= 0.6 is 0 Å². The van der Waals surface area contributed by atoms with E-state index in [1.165, 1.54) is 0 Å². The fourth-order valence-corrected chi connectivity index (χ4v) is 3.53. The highest BCUT2D eigenvalue weighted by molar-refractivity contribution is 5.79. The van der Waals surface area contributed by atoms with Crippen LogP contribution in [0.15, 0.2) is 48.7 Å². The molecule has 2 aromatic heterocycles. The number of anilines is 1. The number of amides is 1. The molecule has 7 heteroatoms. The molecule has 1 aliphatic heterocycles. The molecule has 140 valence electrons. The zero-order valence-corrected chi connectivity index (χ0v) is 15.3. The number of nitrogens with one attached hydrogen (secondary N) is 1.